The molecule has 0 radical (unpaired) electrons. The Morgan fingerprint density at radius 2 is 1.95 bits per heavy atom. The first-order valence-corrected chi connectivity index (χ1v) is 9.38. The van der Waals surface area contributed by atoms with Gasteiger partial charge in [0.1, 0.15) is 10.6 Å². The van der Waals surface area contributed by atoms with Crippen molar-refractivity contribution < 1.29 is 17.9 Å². The fourth-order valence-electron chi connectivity index (χ4n) is 3.90. The van der Waals surface area contributed by atoms with Gasteiger partial charge in [-0.05, 0) is 49.1 Å². The quantitative estimate of drug-likeness (QED) is 0.921. The van der Waals surface area contributed by atoms with Crippen LogP contribution < -0.4 is 9.88 Å². The monoisotopic (exact) mass is 325 g/mol. The van der Waals surface area contributed by atoms with Gasteiger partial charge in [-0.3, -0.25) is 0 Å². The molecule has 0 amide bonds. The highest BCUT2D eigenvalue weighted by atomic mass is 32.2. The third kappa shape index (κ3) is 3.14. The number of nitrogens with two attached hydrogens (primary N) is 1. The molecule has 1 aliphatic carbocycles. The molecule has 1 spiro atoms. The van der Waals surface area contributed by atoms with E-state index in [2.05, 4.69) is 0 Å². The van der Waals surface area contributed by atoms with Gasteiger partial charge < -0.3 is 9.47 Å². The summed E-state index contributed by atoms with van der Waals surface area (Å²) in [5, 5.41) is 5.25. The van der Waals surface area contributed by atoms with E-state index in [1.807, 2.05) is 0 Å². The molecule has 0 bridgehead atoms. The SMILES string of the molecule is NS(=O)(=O)c1ccccc1OCC1CCCC12CCOCC2. The lowest BCUT2D eigenvalue weighted by atomic mass is 9.72. The lowest BCUT2D eigenvalue weighted by Crippen LogP contribution is -2.35. The number of sulfonamides is 1. The minimum Gasteiger partial charge on any atom is -0.492 e. The van der Waals surface area contributed by atoms with Crippen LogP contribution in [0.2, 0.25) is 0 Å². The highest BCUT2D eigenvalue weighted by molar-refractivity contribution is 7.89. The average molecular weight is 325 g/mol. The molecule has 1 aliphatic heterocycles. The molecule has 1 aromatic rings. The predicted octanol–water partition coefficient (Wildman–Crippen LogP) is 2.31. The van der Waals surface area contributed by atoms with Gasteiger partial charge in [0.15, 0.2) is 0 Å². The second-order valence-electron chi connectivity index (χ2n) is 6.37. The summed E-state index contributed by atoms with van der Waals surface area (Å²) in [4.78, 5) is 0.0639. The number of benzene rings is 1. The maximum atomic E-state index is 11.6. The van der Waals surface area contributed by atoms with Crippen molar-refractivity contribution in [3.8, 4) is 5.75 Å². The van der Waals surface area contributed by atoms with E-state index < -0.39 is 10.0 Å². The Hall–Kier alpha value is -1.11. The number of ether oxygens (including phenoxy) is 2. The molecule has 1 saturated carbocycles. The highest BCUT2D eigenvalue weighted by Crippen LogP contribution is 2.50. The number of rotatable bonds is 4. The summed E-state index contributed by atoms with van der Waals surface area (Å²) in [5.74, 6) is 0.823. The smallest absolute Gasteiger partial charge is 0.241 e. The van der Waals surface area contributed by atoms with E-state index in [0.717, 1.165) is 32.5 Å². The zero-order valence-electron chi connectivity index (χ0n) is 12.7. The summed E-state index contributed by atoms with van der Waals surface area (Å²) in [6.45, 7) is 2.20. The Morgan fingerprint density at radius 3 is 2.68 bits per heavy atom. The molecule has 122 valence electrons. The van der Waals surface area contributed by atoms with Crippen molar-refractivity contribution in [3.05, 3.63) is 24.3 Å². The van der Waals surface area contributed by atoms with E-state index in [9.17, 15) is 8.42 Å². The number of para-hydroxylation sites is 1. The average Bonchev–Trinajstić information content (AvgIpc) is 2.87. The minimum atomic E-state index is -3.76. The number of hydrogen-bond donors (Lipinski definition) is 1. The minimum absolute atomic E-state index is 0.0639. The third-order valence-electron chi connectivity index (χ3n) is 5.18. The predicted molar refractivity (Wildman–Crippen MR) is 83.1 cm³/mol. The van der Waals surface area contributed by atoms with E-state index in [4.69, 9.17) is 14.6 Å². The molecule has 1 aromatic carbocycles. The lowest BCUT2D eigenvalue weighted by molar-refractivity contribution is -0.0163. The number of primary sulfonamides is 1. The maximum Gasteiger partial charge on any atom is 0.241 e. The molecule has 1 atom stereocenters. The van der Waals surface area contributed by atoms with Crippen molar-refractivity contribution in [1.82, 2.24) is 0 Å². The Bertz CT molecular complexity index is 623. The Kier molecular flexibility index (Phi) is 4.43. The van der Waals surface area contributed by atoms with Gasteiger partial charge in [-0.25, -0.2) is 13.6 Å². The highest BCUT2D eigenvalue weighted by Gasteiger charge is 2.44. The summed E-state index contributed by atoms with van der Waals surface area (Å²) < 4.78 is 34.6. The summed E-state index contributed by atoms with van der Waals surface area (Å²) in [7, 11) is -3.76. The van der Waals surface area contributed by atoms with Gasteiger partial charge in [-0.2, -0.15) is 0 Å². The molecule has 3 rings (SSSR count). The van der Waals surface area contributed by atoms with Crippen LogP contribution in [-0.4, -0.2) is 28.2 Å². The van der Waals surface area contributed by atoms with Gasteiger partial charge in [0.2, 0.25) is 10.0 Å². The molecule has 22 heavy (non-hydrogen) atoms. The van der Waals surface area contributed by atoms with Crippen LogP contribution in [0.4, 0.5) is 0 Å². The van der Waals surface area contributed by atoms with Crippen LogP contribution in [0.15, 0.2) is 29.2 Å². The first-order chi connectivity index (χ1) is 10.5. The van der Waals surface area contributed by atoms with Gasteiger partial charge in [-0.1, -0.05) is 18.6 Å². The van der Waals surface area contributed by atoms with E-state index >= 15 is 0 Å². The van der Waals surface area contributed by atoms with Crippen LogP contribution in [0.3, 0.4) is 0 Å². The summed E-state index contributed by atoms with van der Waals surface area (Å²) in [5.41, 5.74) is 0.314. The molecular formula is C16H23NO4S. The van der Waals surface area contributed by atoms with Crippen LogP contribution in [0.1, 0.15) is 32.1 Å². The zero-order chi connectivity index (χ0) is 15.6. The molecule has 1 unspecified atom stereocenters. The van der Waals surface area contributed by atoms with Crippen molar-refractivity contribution in [1.29, 1.82) is 0 Å². The molecule has 1 saturated heterocycles. The van der Waals surface area contributed by atoms with Crippen molar-refractivity contribution >= 4 is 10.0 Å². The first kappa shape index (κ1) is 15.8. The molecule has 1 heterocycles. The van der Waals surface area contributed by atoms with Crippen LogP contribution in [0.5, 0.6) is 5.75 Å². The second kappa shape index (κ2) is 6.18. The molecule has 2 N–H and O–H groups in total. The van der Waals surface area contributed by atoms with E-state index in [-0.39, 0.29) is 4.90 Å². The summed E-state index contributed by atoms with van der Waals surface area (Å²) in [6.07, 6.45) is 5.74. The van der Waals surface area contributed by atoms with Crippen molar-refractivity contribution in [2.45, 2.75) is 37.0 Å². The van der Waals surface area contributed by atoms with Crippen molar-refractivity contribution in [3.63, 3.8) is 0 Å². The van der Waals surface area contributed by atoms with Crippen LogP contribution >= 0.6 is 0 Å². The topological polar surface area (TPSA) is 78.6 Å². The lowest BCUT2D eigenvalue weighted by Gasteiger charge is -2.38. The third-order valence-corrected chi connectivity index (χ3v) is 6.13. The fraction of sp³-hybridized carbons (Fsp3) is 0.625. The van der Waals surface area contributed by atoms with Gasteiger partial charge in [0.05, 0.1) is 6.61 Å². The van der Waals surface area contributed by atoms with Crippen LogP contribution in [0, 0.1) is 11.3 Å². The number of hydrogen-bond acceptors (Lipinski definition) is 4. The normalized spacial score (nSPS) is 24.5. The molecule has 2 fully saturated rings. The van der Waals surface area contributed by atoms with Gasteiger partial charge in [0.25, 0.3) is 0 Å². The molecule has 0 aromatic heterocycles. The summed E-state index contributed by atoms with van der Waals surface area (Å²) in [6, 6.07) is 6.58. The maximum absolute atomic E-state index is 11.6. The van der Waals surface area contributed by atoms with Gasteiger partial charge in [-0.15, -0.1) is 0 Å². The Labute approximate surface area is 131 Å². The summed E-state index contributed by atoms with van der Waals surface area (Å²) >= 11 is 0. The Balaban J connectivity index is 1.73. The van der Waals surface area contributed by atoms with Crippen LogP contribution in [0.25, 0.3) is 0 Å². The second-order valence-corrected chi connectivity index (χ2v) is 7.90. The first-order valence-electron chi connectivity index (χ1n) is 7.84. The van der Waals surface area contributed by atoms with E-state index in [1.54, 1.807) is 18.2 Å². The van der Waals surface area contributed by atoms with E-state index in [1.165, 1.54) is 18.9 Å². The van der Waals surface area contributed by atoms with E-state index in [0.29, 0.717) is 23.7 Å². The largest absolute Gasteiger partial charge is 0.492 e. The van der Waals surface area contributed by atoms with Gasteiger partial charge >= 0.3 is 0 Å². The Morgan fingerprint density at radius 1 is 1.23 bits per heavy atom. The molecule has 6 heteroatoms. The standard InChI is InChI=1S/C16H23NO4S/c17-22(18,19)15-6-2-1-5-14(15)21-12-13-4-3-7-16(13)8-10-20-11-9-16/h1-2,5-6,13H,3-4,7-12H2,(H2,17,18,19). The van der Waals surface area contributed by atoms with Crippen LogP contribution in [-0.2, 0) is 14.8 Å². The molecule has 2 aliphatic rings. The molecular weight excluding hydrogens is 302 g/mol. The van der Waals surface area contributed by atoms with Crippen molar-refractivity contribution in [2.24, 2.45) is 16.5 Å². The van der Waals surface area contributed by atoms with Gasteiger partial charge in [0, 0.05) is 13.2 Å². The molecule has 5 nitrogen and oxygen atoms in total. The zero-order valence-corrected chi connectivity index (χ0v) is 13.5. The fourth-order valence-corrected chi connectivity index (χ4v) is 4.58. The van der Waals surface area contributed by atoms with Crippen molar-refractivity contribution in [2.75, 3.05) is 19.8 Å².